The summed E-state index contributed by atoms with van der Waals surface area (Å²) >= 11 is 0. The summed E-state index contributed by atoms with van der Waals surface area (Å²) in [6.07, 6.45) is 9.57. The summed E-state index contributed by atoms with van der Waals surface area (Å²) < 4.78 is 0. The molecule has 24 heavy (non-hydrogen) atoms. The number of anilines is 1. The zero-order chi connectivity index (χ0) is 16.9. The Bertz CT molecular complexity index is 613. The van der Waals surface area contributed by atoms with Crippen LogP contribution in [-0.2, 0) is 9.59 Å². The molecule has 2 aliphatic rings. The monoisotopic (exact) mass is 326 g/mol. The average Bonchev–Trinajstić information content (AvgIpc) is 3.02. The Kier molecular flexibility index (Phi) is 5.34. The lowest BCUT2D eigenvalue weighted by atomic mass is 9.87. The van der Waals surface area contributed by atoms with Gasteiger partial charge in [0.2, 0.25) is 11.8 Å². The maximum absolute atomic E-state index is 12.0. The van der Waals surface area contributed by atoms with Gasteiger partial charge in [-0.25, -0.2) is 0 Å². The maximum Gasteiger partial charge on any atom is 0.244 e. The fourth-order valence-corrected chi connectivity index (χ4v) is 3.51. The number of hydrogen-bond donors (Lipinski definition) is 1. The highest BCUT2D eigenvalue weighted by molar-refractivity contribution is 5.95. The van der Waals surface area contributed by atoms with Crippen LogP contribution in [0.5, 0.6) is 0 Å². The molecule has 1 aromatic rings. The summed E-state index contributed by atoms with van der Waals surface area (Å²) in [5.41, 5.74) is 1.91. The molecule has 0 aromatic heterocycles. The van der Waals surface area contributed by atoms with E-state index in [1.807, 2.05) is 35.2 Å². The lowest BCUT2D eigenvalue weighted by Gasteiger charge is -2.26. The van der Waals surface area contributed by atoms with Gasteiger partial charge in [-0.1, -0.05) is 19.1 Å². The predicted molar refractivity (Wildman–Crippen MR) is 96.6 cm³/mol. The van der Waals surface area contributed by atoms with Gasteiger partial charge in [-0.2, -0.15) is 0 Å². The molecular weight excluding hydrogens is 300 g/mol. The standard InChI is InChI=1S/C20H26N2O2/c1-15-4-9-17(10-5-15)21-19(23)13-8-16-6-11-18(12-7-16)22-14-2-3-20(22)24/h6-8,11-13,15,17H,2-5,9-10,14H2,1H3,(H,21,23)/b13-8+. The Morgan fingerprint density at radius 1 is 1.17 bits per heavy atom. The number of nitrogens with one attached hydrogen (secondary N) is 1. The molecule has 3 rings (SSSR count). The average molecular weight is 326 g/mol. The summed E-state index contributed by atoms with van der Waals surface area (Å²) in [5, 5.41) is 3.09. The Hall–Kier alpha value is -2.10. The third-order valence-corrected chi connectivity index (χ3v) is 5.07. The van der Waals surface area contributed by atoms with Gasteiger partial charge in [-0.15, -0.1) is 0 Å². The van der Waals surface area contributed by atoms with Crippen LogP contribution in [0.15, 0.2) is 30.3 Å². The minimum Gasteiger partial charge on any atom is -0.350 e. The molecule has 0 radical (unpaired) electrons. The van der Waals surface area contributed by atoms with E-state index in [0.717, 1.165) is 43.0 Å². The Labute approximate surface area is 143 Å². The number of nitrogens with zero attached hydrogens (tertiary/aromatic N) is 1. The van der Waals surface area contributed by atoms with Gasteiger partial charge in [0.15, 0.2) is 0 Å². The third kappa shape index (κ3) is 4.25. The highest BCUT2D eigenvalue weighted by Gasteiger charge is 2.21. The number of carbonyl (C=O) groups is 2. The van der Waals surface area contributed by atoms with Crippen molar-refractivity contribution in [2.75, 3.05) is 11.4 Å². The van der Waals surface area contributed by atoms with Crippen LogP contribution in [0.4, 0.5) is 5.69 Å². The second-order valence-electron chi connectivity index (χ2n) is 7.04. The number of amides is 2. The molecule has 1 aromatic carbocycles. The molecule has 0 unspecified atom stereocenters. The van der Waals surface area contributed by atoms with Crippen molar-refractivity contribution in [3.8, 4) is 0 Å². The fraction of sp³-hybridized carbons (Fsp3) is 0.500. The number of rotatable bonds is 4. The quantitative estimate of drug-likeness (QED) is 0.861. The van der Waals surface area contributed by atoms with Crippen molar-refractivity contribution in [2.45, 2.75) is 51.5 Å². The Balaban J connectivity index is 1.52. The van der Waals surface area contributed by atoms with Crippen molar-refractivity contribution < 1.29 is 9.59 Å². The summed E-state index contributed by atoms with van der Waals surface area (Å²) in [6.45, 7) is 3.08. The van der Waals surface area contributed by atoms with E-state index in [0.29, 0.717) is 12.5 Å². The van der Waals surface area contributed by atoms with Gasteiger partial charge >= 0.3 is 0 Å². The molecule has 1 aliphatic carbocycles. The van der Waals surface area contributed by atoms with Gasteiger partial charge in [-0.3, -0.25) is 9.59 Å². The van der Waals surface area contributed by atoms with E-state index >= 15 is 0 Å². The number of hydrogen-bond acceptors (Lipinski definition) is 2. The second kappa shape index (κ2) is 7.65. The van der Waals surface area contributed by atoms with E-state index in [2.05, 4.69) is 12.2 Å². The van der Waals surface area contributed by atoms with E-state index in [9.17, 15) is 9.59 Å². The SMILES string of the molecule is CC1CCC(NC(=O)/C=C/c2ccc(N3CCCC3=O)cc2)CC1. The first kappa shape index (κ1) is 16.7. The molecule has 0 bridgehead atoms. The van der Waals surface area contributed by atoms with E-state index in [1.165, 1.54) is 12.8 Å². The van der Waals surface area contributed by atoms with Gasteiger partial charge in [-0.05, 0) is 61.8 Å². The molecular formula is C20H26N2O2. The van der Waals surface area contributed by atoms with Gasteiger partial charge in [0.05, 0.1) is 0 Å². The summed E-state index contributed by atoms with van der Waals surface area (Å²) in [4.78, 5) is 25.6. The molecule has 2 amide bonds. The number of carbonyl (C=O) groups excluding carboxylic acids is 2. The normalized spacial score (nSPS) is 24.5. The van der Waals surface area contributed by atoms with Crippen LogP contribution in [-0.4, -0.2) is 24.4 Å². The molecule has 0 atom stereocenters. The van der Waals surface area contributed by atoms with Crippen LogP contribution in [0.3, 0.4) is 0 Å². The zero-order valence-corrected chi connectivity index (χ0v) is 14.3. The van der Waals surface area contributed by atoms with Crippen molar-refractivity contribution in [3.05, 3.63) is 35.9 Å². The topological polar surface area (TPSA) is 49.4 Å². The van der Waals surface area contributed by atoms with Crippen molar-refractivity contribution in [2.24, 2.45) is 5.92 Å². The summed E-state index contributed by atoms with van der Waals surface area (Å²) in [7, 11) is 0. The van der Waals surface area contributed by atoms with Crippen LogP contribution < -0.4 is 10.2 Å². The van der Waals surface area contributed by atoms with E-state index in [4.69, 9.17) is 0 Å². The van der Waals surface area contributed by atoms with Crippen molar-refractivity contribution in [1.82, 2.24) is 5.32 Å². The van der Waals surface area contributed by atoms with Crippen molar-refractivity contribution >= 4 is 23.6 Å². The lowest BCUT2D eigenvalue weighted by Crippen LogP contribution is -2.36. The first-order chi connectivity index (χ1) is 11.6. The summed E-state index contributed by atoms with van der Waals surface area (Å²) in [5.74, 6) is 0.961. The lowest BCUT2D eigenvalue weighted by molar-refractivity contribution is -0.118. The van der Waals surface area contributed by atoms with E-state index < -0.39 is 0 Å². The molecule has 128 valence electrons. The molecule has 4 heteroatoms. The van der Waals surface area contributed by atoms with E-state index in [-0.39, 0.29) is 11.8 Å². The molecule has 0 spiro atoms. The van der Waals surface area contributed by atoms with Crippen LogP contribution in [0.1, 0.15) is 51.0 Å². The van der Waals surface area contributed by atoms with Crippen LogP contribution in [0.25, 0.3) is 6.08 Å². The van der Waals surface area contributed by atoms with Crippen LogP contribution in [0, 0.1) is 5.92 Å². The van der Waals surface area contributed by atoms with Crippen molar-refractivity contribution in [3.63, 3.8) is 0 Å². The number of benzene rings is 1. The third-order valence-electron chi connectivity index (χ3n) is 5.07. The predicted octanol–water partition coefficient (Wildman–Crippen LogP) is 3.52. The molecule has 1 aliphatic heterocycles. The minimum absolute atomic E-state index is 0.0200. The van der Waals surface area contributed by atoms with E-state index in [1.54, 1.807) is 6.08 Å². The molecule has 1 N–H and O–H groups in total. The van der Waals surface area contributed by atoms with Gasteiger partial charge in [0.25, 0.3) is 0 Å². The van der Waals surface area contributed by atoms with Gasteiger partial charge < -0.3 is 10.2 Å². The minimum atomic E-state index is -0.0200. The van der Waals surface area contributed by atoms with Crippen molar-refractivity contribution in [1.29, 1.82) is 0 Å². The summed E-state index contributed by atoms with van der Waals surface area (Å²) in [6, 6.07) is 8.12. The molecule has 1 saturated heterocycles. The van der Waals surface area contributed by atoms with Gasteiger partial charge in [0, 0.05) is 30.8 Å². The fourth-order valence-electron chi connectivity index (χ4n) is 3.51. The molecule has 2 fully saturated rings. The Morgan fingerprint density at radius 2 is 1.88 bits per heavy atom. The Morgan fingerprint density at radius 3 is 2.50 bits per heavy atom. The van der Waals surface area contributed by atoms with Gasteiger partial charge in [0.1, 0.15) is 0 Å². The smallest absolute Gasteiger partial charge is 0.244 e. The maximum atomic E-state index is 12.0. The van der Waals surface area contributed by atoms with Crippen LogP contribution >= 0.6 is 0 Å². The zero-order valence-electron chi connectivity index (χ0n) is 14.3. The highest BCUT2D eigenvalue weighted by atomic mass is 16.2. The largest absolute Gasteiger partial charge is 0.350 e. The second-order valence-corrected chi connectivity index (χ2v) is 7.04. The molecule has 4 nitrogen and oxygen atoms in total. The first-order valence-corrected chi connectivity index (χ1v) is 9.01. The van der Waals surface area contributed by atoms with Crippen LogP contribution in [0.2, 0.25) is 0 Å². The highest BCUT2D eigenvalue weighted by Crippen LogP contribution is 2.24. The first-order valence-electron chi connectivity index (χ1n) is 9.01. The molecule has 1 saturated carbocycles. The molecule has 1 heterocycles.